The molecular weight excluding hydrogens is 364 g/mol. The quantitative estimate of drug-likeness (QED) is 0.520. The molecule has 0 aliphatic carbocycles. The van der Waals surface area contributed by atoms with E-state index < -0.39 is 17.7 Å². The lowest BCUT2D eigenvalue weighted by molar-refractivity contribution is -0.128. The van der Waals surface area contributed by atoms with E-state index in [0.717, 1.165) is 5.56 Å². The molecule has 5 nitrogen and oxygen atoms in total. The highest BCUT2D eigenvalue weighted by Crippen LogP contribution is 2.35. The summed E-state index contributed by atoms with van der Waals surface area (Å²) in [5, 5.41) is 1.27. The minimum Gasteiger partial charge on any atom is -0.294 e. The van der Waals surface area contributed by atoms with Crippen LogP contribution >= 0.6 is 0 Å². The highest BCUT2D eigenvalue weighted by Gasteiger charge is 2.46. The molecule has 0 bridgehead atoms. The maximum atomic E-state index is 13.2. The van der Waals surface area contributed by atoms with Gasteiger partial charge in [0, 0.05) is 17.9 Å². The first kappa shape index (κ1) is 18.6. The molecule has 1 N–H and O–H groups in total. The van der Waals surface area contributed by atoms with Gasteiger partial charge in [-0.2, -0.15) is 0 Å². The van der Waals surface area contributed by atoms with E-state index >= 15 is 0 Å². The van der Waals surface area contributed by atoms with E-state index in [1.54, 1.807) is 48.5 Å². The summed E-state index contributed by atoms with van der Waals surface area (Å²) in [6.07, 6.45) is 0.0699. The molecule has 0 saturated carbocycles. The van der Waals surface area contributed by atoms with Crippen molar-refractivity contribution in [2.75, 3.05) is 5.01 Å². The fourth-order valence-electron chi connectivity index (χ4n) is 3.68. The number of nitrogens with zero attached hydrogens (tertiary/aromatic N) is 1. The van der Waals surface area contributed by atoms with E-state index in [1.165, 1.54) is 5.01 Å². The van der Waals surface area contributed by atoms with E-state index in [9.17, 15) is 14.4 Å². The zero-order chi connectivity index (χ0) is 20.2. The van der Waals surface area contributed by atoms with Gasteiger partial charge in [-0.05, 0) is 17.7 Å². The molecule has 144 valence electrons. The lowest BCUT2D eigenvalue weighted by Gasteiger charge is -2.21. The Kier molecular flexibility index (Phi) is 5.20. The Morgan fingerprint density at radius 3 is 2.00 bits per heavy atom. The summed E-state index contributed by atoms with van der Waals surface area (Å²) in [5.74, 6) is -2.36. The molecule has 1 aliphatic heterocycles. The molecular formula is C24H20N2O3. The number of Topliss-reactive ketones (excluding diaryl/α,β-unsaturated/α-hetero) is 1. The van der Waals surface area contributed by atoms with Crippen LogP contribution in [0.15, 0.2) is 91.0 Å². The molecule has 5 heteroatoms. The lowest BCUT2D eigenvalue weighted by atomic mass is 9.81. The van der Waals surface area contributed by atoms with E-state index in [2.05, 4.69) is 5.43 Å². The van der Waals surface area contributed by atoms with Crippen molar-refractivity contribution in [1.29, 1.82) is 0 Å². The second-order valence-corrected chi connectivity index (χ2v) is 6.97. The van der Waals surface area contributed by atoms with Gasteiger partial charge in [-0.15, -0.1) is 0 Å². The highest BCUT2D eigenvalue weighted by atomic mass is 16.2. The van der Waals surface area contributed by atoms with Crippen molar-refractivity contribution in [2.45, 2.75) is 12.3 Å². The van der Waals surface area contributed by atoms with Crippen molar-refractivity contribution in [1.82, 2.24) is 5.43 Å². The Morgan fingerprint density at radius 1 is 0.828 bits per heavy atom. The molecule has 1 heterocycles. The average Bonchev–Trinajstić information content (AvgIpc) is 3.07. The SMILES string of the molecule is O=C(CC(c1ccccc1)C1C(=O)NN(c2ccccc2)C1=O)c1ccccc1. The van der Waals surface area contributed by atoms with Gasteiger partial charge in [0.1, 0.15) is 5.92 Å². The Balaban J connectivity index is 1.67. The molecule has 2 atom stereocenters. The van der Waals surface area contributed by atoms with Crippen molar-refractivity contribution in [3.63, 3.8) is 0 Å². The fourth-order valence-corrected chi connectivity index (χ4v) is 3.68. The van der Waals surface area contributed by atoms with Crippen molar-refractivity contribution in [3.05, 3.63) is 102 Å². The number of amides is 2. The summed E-state index contributed by atoms with van der Waals surface area (Å²) >= 11 is 0. The monoisotopic (exact) mass is 384 g/mol. The zero-order valence-corrected chi connectivity index (χ0v) is 15.7. The maximum Gasteiger partial charge on any atom is 0.258 e. The van der Waals surface area contributed by atoms with Crippen molar-refractivity contribution in [2.24, 2.45) is 5.92 Å². The minimum atomic E-state index is -0.967. The number of carbonyl (C=O) groups excluding carboxylic acids is 3. The van der Waals surface area contributed by atoms with Gasteiger partial charge in [0.15, 0.2) is 5.78 Å². The van der Waals surface area contributed by atoms with Crippen LogP contribution in [0.3, 0.4) is 0 Å². The average molecular weight is 384 g/mol. The van der Waals surface area contributed by atoms with E-state index in [1.807, 2.05) is 42.5 Å². The Labute approximate surface area is 168 Å². The number of nitrogens with one attached hydrogen (secondary N) is 1. The second kappa shape index (κ2) is 8.10. The van der Waals surface area contributed by atoms with Crippen LogP contribution < -0.4 is 10.4 Å². The van der Waals surface area contributed by atoms with Gasteiger partial charge >= 0.3 is 0 Å². The minimum absolute atomic E-state index is 0.0699. The van der Waals surface area contributed by atoms with Gasteiger partial charge in [-0.1, -0.05) is 78.9 Å². The molecule has 2 amide bonds. The van der Waals surface area contributed by atoms with Gasteiger partial charge in [0.25, 0.3) is 11.8 Å². The summed E-state index contributed by atoms with van der Waals surface area (Å²) in [4.78, 5) is 38.9. The summed E-state index contributed by atoms with van der Waals surface area (Å²) in [7, 11) is 0. The van der Waals surface area contributed by atoms with Crippen molar-refractivity contribution >= 4 is 23.3 Å². The van der Waals surface area contributed by atoms with Crippen LogP contribution in [0.2, 0.25) is 0 Å². The number of para-hydroxylation sites is 1. The number of carbonyl (C=O) groups is 3. The third-order valence-electron chi connectivity index (χ3n) is 5.14. The van der Waals surface area contributed by atoms with Crippen LogP contribution in [0, 0.1) is 5.92 Å². The first-order valence-corrected chi connectivity index (χ1v) is 9.48. The summed E-state index contributed by atoms with van der Waals surface area (Å²) in [6, 6.07) is 27.2. The molecule has 0 aromatic heterocycles. The van der Waals surface area contributed by atoms with Gasteiger partial charge in [0.2, 0.25) is 0 Å². The first-order valence-electron chi connectivity index (χ1n) is 9.48. The Bertz CT molecular complexity index is 1020. The number of hydrazine groups is 1. The number of benzene rings is 3. The third-order valence-corrected chi connectivity index (χ3v) is 5.14. The van der Waals surface area contributed by atoms with Gasteiger partial charge in [-0.25, -0.2) is 5.01 Å². The van der Waals surface area contributed by atoms with Crippen molar-refractivity contribution in [3.8, 4) is 0 Å². The topological polar surface area (TPSA) is 66.5 Å². The summed E-state index contributed by atoms with van der Waals surface area (Å²) in [6.45, 7) is 0. The number of hydrogen-bond acceptors (Lipinski definition) is 3. The van der Waals surface area contributed by atoms with E-state index in [4.69, 9.17) is 0 Å². The van der Waals surface area contributed by atoms with Gasteiger partial charge < -0.3 is 0 Å². The molecule has 4 rings (SSSR count). The molecule has 3 aromatic rings. The largest absolute Gasteiger partial charge is 0.294 e. The summed E-state index contributed by atoms with van der Waals surface area (Å²) < 4.78 is 0. The number of hydrogen-bond donors (Lipinski definition) is 1. The molecule has 3 aromatic carbocycles. The maximum absolute atomic E-state index is 13.2. The molecule has 1 fully saturated rings. The fraction of sp³-hybridized carbons (Fsp3) is 0.125. The van der Waals surface area contributed by atoms with Crippen LogP contribution in [-0.4, -0.2) is 17.6 Å². The van der Waals surface area contributed by atoms with Crippen LogP contribution in [0.25, 0.3) is 0 Å². The number of ketones is 1. The lowest BCUT2D eigenvalue weighted by Crippen LogP contribution is -2.35. The number of anilines is 1. The molecule has 0 radical (unpaired) electrons. The predicted octanol–water partition coefficient (Wildman–Crippen LogP) is 3.74. The van der Waals surface area contributed by atoms with Crippen LogP contribution in [0.1, 0.15) is 28.3 Å². The zero-order valence-electron chi connectivity index (χ0n) is 15.7. The normalized spacial score (nSPS) is 17.1. The van der Waals surface area contributed by atoms with Crippen molar-refractivity contribution < 1.29 is 14.4 Å². The predicted molar refractivity (Wildman–Crippen MR) is 110 cm³/mol. The third kappa shape index (κ3) is 3.80. The summed E-state index contributed by atoms with van der Waals surface area (Å²) in [5.41, 5.74) is 4.62. The van der Waals surface area contributed by atoms with Gasteiger partial charge in [0.05, 0.1) is 5.69 Å². The highest BCUT2D eigenvalue weighted by molar-refractivity contribution is 6.15. The molecule has 0 spiro atoms. The molecule has 1 saturated heterocycles. The molecule has 1 aliphatic rings. The van der Waals surface area contributed by atoms with E-state index in [-0.39, 0.29) is 18.1 Å². The van der Waals surface area contributed by atoms with Crippen LogP contribution in [0.4, 0.5) is 5.69 Å². The Hall–Kier alpha value is -3.73. The standard InChI is InChI=1S/C24H20N2O3/c27-21(18-12-6-2-7-13-18)16-20(17-10-4-1-5-11-17)22-23(28)25-26(24(22)29)19-14-8-3-9-15-19/h1-15,20,22H,16H2,(H,25,28). The smallest absolute Gasteiger partial charge is 0.258 e. The molecule has 2 unspecified atom stereocenters. The van der Waals surface area contributed by atoms with Gasteiger partial charge in [-0.3, -0.25) is 19.8 Å². The number of rotatable bonds is 6. The van der Waals surface area contributed by atoms with E-state index in [0.29, 0.717) is 11.3 Å². The molecule has 29 heavy (non-hydrogen) atoms. The Morgan fingerprint density at radius 2 is 1.38 bits per heavy atom. The van der Waals surface area contributed by atoms with Crippen LogP contribution in [0.5, 0.6) is 0 Å². The second-order valence-electron chi connectivity index (χ2n) is 6.97. The van der Waals surface area contributed by atoms with Crippen LogP contribution in [-0.2, 0) is 9.59 Å². The first-order chi connectivity index (χ1) is 14.1.